The van der Waals surface area contributed by atoms with E-state index in [1.54, 1.807) is 7.05 Å². The number of likely N-dealkylation sites (N-methyl/N-ethyl adjacent to an activating group) is 1. The number of hydrogen-bond donors (Lipinski definition) is 1. The van der Waals surface area contributed by atoms with Crippen LogP contribution in [0.1, 0.15) is 32.6 Å². The maximum Gasteiger partial charge on any atom is 0.325 e. The molecule has 1 aliphatic carbocycles. The second kappa shape index (κ2) is 6.93. The predicted molar refractivity (Wildman–Crippen MR) is 108 cm³/mol. The lowest BCUT2D eigenvalue weighted by atomic mass is 9.73. The molecule has 6 heteroatoms. The zero-order valence-electron chi connectivity index (χ0n) is 16.3. The Balaban J connectivity index is 1.52. The van der Waals surface area contributed by atoms with Crippen LogP contribution in [0.2, 0.25) is 0 Å². The minimum atomic E-state index is -0.836. The molecule has 2 unspecified atom stereocenters. The molecular weight excluding hydrogens is 354 g/mol. The second-order valence-electron chi connectivity index (χ2n) is 7.92. The lowest BCUT2D eigenvalue weighted by Crippen LogP contribution is -2.54. The molecule has 1 heterocycles. The third kappa shape index (κ3) is 2.93. The Kier molecular flexibility index (Phi) is 4.57. The van der Waals surface area contributed by atoms with Crippen LogP contribution < -0.4 is 10.2 Å². The van der Waals surface area contributed by atoms with E-state index in [2.05, 4.69) is 5.32 Å². The Bertz CT molecular complexity index is 957. The maximum absolute atomic E-state index is 13.0. The lowest BCUT2D eigenvalue weighted by Gasteiger charge is -2.36. The SMILES string of the molecule is CC1CCCCC12NC(=O)N(CC(=O)N(C)c1ccc3ccccc3c1)C2=O. The number of fused-ring (bicyclic) bond motifs is 1. The average Bonchev–Trinajstić information content (AvgIpc) is 2.94. The van der Waals surface area contributed by atoms with E-state index in [0.29, 0.717) is 6.42 Å². The van der Waals surface area contributed by atoms with E-state index in [-0.39, 0.29) is 24.3 Å². The van der Waals surface area contributed by atoms with Crippen LogP contribution in [0.5, 0.6) is 0 Å². The Morgan fingerprint density at radius 1 is 1.18 bits per heavy atom. The van der Waals surface area contributed by atoms with Crippen LogP contribution in [0.4, 0.5) is 10.5 Å². The molecule has 6 nitrogen and oxygen atoms in total. The largest absolute Gasteiger partial charge is 0.325 e. The molecule has 0 radical (unpaired) electrons. The molecule has 2 aromatic carbocycles. The predicted octanol–water partition coefficient (Wildman–Crippen LogP) is 3.30. The van der Waals surface area contributed by atoms with E-state index in [1.165, 1.54) is 4.90 Å². The van der Waals surface area contributed by atoms with Gasteiger partial charge in [0.15, 0.2) is 0 Å². The summed E-state index contributed by atoms with van der Waals surface area (Å²) in [6, 6.07) is 13.2. The third-order valence-corrected chi connectivity index (χ3v) is 6.29. The Hall–Kier alpha value is -2.89. The molecule has 1 aliphatic heterocycles. The Morgan fingerprint density at radius 2 is 1.93 bits per heavy atom. The number of benzene rings is 2. The highest BCUT2D eigenvalue weighted by Crippen LogP contribution is 2.38. The molecular formula is C22H25N3O3. The number of hydrogen-bond acceptors (Lipinski definition) is 3. The van der Waals surface area contributed by atoms with E-state index < -0.39 is 11.6 Å². The van der Waals surface area contributed by atoms with Crippen LogP contribution in [0, 0.1) is 5.92 Å². The van der Waals surface area contributed by atoms with E-state index in [9.17, 15) is 14.4 Å². The van der Waals surface area contributed by atoms with E-state index in [4.69, 9.17) is 0 Å². The van der Waals surface area contributed by atoms with E-state index in [0.717, 1.165) is 40.6 Å². The van der Waals surface area contributed by atoms with Crippen molar-refractivity contribution in [3.8, 4) is 0 Å². The summed E-state index contributed by atoms with van der Waals surface area (Å²) in [6.45, 7) is 1.76. The van der Waals surface area contributed by atoms with Crippen molar-refractivity contribution in [2.75, 3.05) is 18.5 Å². The van der Waals surface area contributed by atoms with Crippen molar-refractivity contribution in [3.63, 3.8) is 0 Å². The second-order valence-corrected chi connectivity index (χ2v) is 7.92. The summed E-state index contributed by atoms with van der Waals surface area (Å²) < 4.78 is 0. The molecule has 146 valence electrons. The number of urea groups is 1. The fourth-order valence-electron chi connectivity index (χ4n) is 4.41. The monoisotopic (exact) mass is 379 g/mol. The summed E-state index contributed by atoms with van der Waals surface area (Å²) in [5, 5.41) is 5.02. The van der Waals surface area contributed by atoms with Crippen LogP contribution in [-0.4, -0.2) is 41.9 Å². The first-order chi connectivity index (χ1) is 13.4. The molecule has 0 aromatic heterocycles. The van der Waals surface area contributed by atoms with E-state index >= 15 is 0 Å². The van der Waals surface area contributed by atoms with Crippen molar-refractivity contribution in [3.05, 3.63) is 42.5 Å². The highest BCUT2D eigenvalue weighted by atomic mass is 16.2. The highest BCUT2D eigenvalue weighted by molar-refractivity contribution is 6.10. The van der Waals surface area contributed by atoms with Gasteiger partial charge in [0, 0.05) is 12.7 Å². The number of anilines is 1. The number of rotatable bonds is 3. The standard InChI is InChI=1S/C22H25N3O3/c1-15-7-5-6-12-22(15)20(27)25(21(28)23-22)14-19(26)24(2)18-11-10-16-8-3-4-9-17(16)13-18/h3-4,8-11,13,15H,5-7,12,14H2,1-2H3,(H,23,28). The van der Waals surface area contributed by atoms with Crippen LogP contribution in [-0.2, 0) is 9.59 Å². The van der Waals surface area contributed by atoms with Crippen molar-refractivity contribution in [2.45, 2.75) is 38.1 Å². The molecule has 2 aliphatic rings. The summed E-state index contributed by atoms with van der Waals surface area (Å²) in [5.41, 5.74) is -0.103. The normalized spacial score (nSPS) is 24.6. The van der Waals surface area contributed by atoms with Crippen molar-refractivity contribution in [1.29, 1.82) is 0 Å². The van der Waals surface area contributed by atoms with E-state index in [1.807, 2.05) is 49.4 Å². The van der Waals surface area contributed by atoms with Crippen molar-refractivity contribution >= 4 is 34.3 Å². The van der Waals surface area contributed by atoms with Gasteiger partial charge < -0.3 is 10.2 Å². The van der Waals surface area contributed by atoms with Crippen LogP contribution in [0.3, 0.4) is 0 Å². The van der Waals surface area contributed by atoms with Crippen molar-refractivity contribution < 1.29 is 14.4 Å². The topological polar surface area (TPSA) is 69.7 Å². The number of amides is 4. The van der Waals surface area contributed by atoms with Crippen LogP contribution >= 0.6 is 0 Å². The summed E-state index contributed by atoms with van der Waals surface area (Å²) in [4.78, 5) is 41.0. The van der Waals surface area contributed by atoms with Gasteiger partial charge in [0.05, 0.1) is 0 Å². The average molecular weight is 379 g/mol. The number of nitrogens with zero attached hydrogens (tertiary/aromatic N) is 2. The molecule has 0 bridgehead atoms. The zero-order chi connectivity index (χ0) is 19.9. The van der Waals surface area contributed by atoms with Crippen molar-refractivity contribution in [2.24, 2.45) is 5.92 Å². The number of imide groups is 1. The number of carbonyl (C=O) groups excluding carboxylic acids is 3. The van der Waals surface area contributed by atoms with Crippen molar-refractivity contribution in [1.82, 2.24) is 10.2 Å². The molecule has 2 aromatic rings. The zero-order valence-corrected chi connectivity index (χ0v) is 16.3. The molecule has 28 heavy (non-hydrogen) atoms. The summed E-state index contributed by atoms with van der Waals surface area (Å²) in [6.07, 6.45) is 3.53. The fraction of sp³-hybridized carbons (Fsp3) is 0.409. The quantitative estimate of drug-likeness (QED) is 0.832. The summed E-state index contributed by atoms with van der Waals surface area (Å²) >= 11 is 0. The first kappa shape index (κ1) is 18.5. The van der Waals surface area contributed by atoms with Crippen LogP contribution in [0.25, 0.3) is 10.8 Å². The van der Waals surface area contributed by atoms with Crippen LogP contribution in [0.15, 0.2) is 42.5 Å². The smallest absolute Gasteiger partial charge is 0.323 e. The van der Waals surface area contributed by atoms with Gasteiger partial charge in [0.25, 0.3) is 5.91 Å². The maximum atomic E-state index is 13.0. The van der Waals surface area contributed by atoms with Gasteiger partial charge in [-0.25, -0.2) is 4.79 Å². The minimum absolute atomic E-state index is 0.0796. The van der Waals surface area contributed by atoms with Gasteiger partial charge in [-0.05, 0) is 41.7 Å². The molecule has 1 saturated carbocycles. The molecule has 4 rings (SSSR count). The van der Waals surface area contributed by atoms with Gasteiger partial charge in [-0.15, -0.1) is 0 Å². The number of carbonyl (C=O) groups is 3. The first-order valence-electron chi connectivity index (χ1n) is 9.82. The molecule has 4 amide bonds. The highest BCUT2D eigenvalue weighted by Gasteiger charge is 2.55. The Morgan fingerprint density at radius 3 is 2.68 bits per heavy atom. The molecule has 2 atom stereocenters. The van der Waals surface area contributed by atoms with Gasteiger partial charge in [-0.1, -0.05) is 50.1 Å². The van der Waals surface area contributed by atoms with Gasteiger partial charge in [-0.2, -0.15) is 0 Å². The van der Waals surface area contributed by atoms with Gasteiger partial charge in [0.1, 0.15) is 12.1 Å². The number of nitrogens with one attached hydrogen (secondary N) is 1. The molecule has 2 fully saturated rings. The first-order valence-corrected chi connectivity index (χ1v) is 9.82. The molecule has 1 saturated heterocycles. The Labute approximate surface area is 164 Å². The molecule has 1 N–H and O–H groups in total. The third-order valence-electron chi connectivity index (χ3n) is 6.29. The minimum Gasteiger partial charge on any atom is -0.323 e. The summed E-state index contributed by atoms with van der Waals surface area (Å²) in [5.74, 6) is -0.472. The lowest BCUT2D eigenvalue weighted by molar-refractivity contribution is -0.136. The van der Waals surface area contributed by atoms with Gasteiger partial charge in [-0.3, -0.25) is 14.5 Å². The van der Waals surface area contributed by atoms with Gasteiger partial charge in [0.2, 0.25) is 5.91 Å². The fourth-order valence-corrected chi connectivity index (χ4v) is 4.41. The molecule has 1 spiro atoms. The van der Waals surface area contributed by atoms with Gasteiger partial charge >= 0.3 is 6.03 Å². The summed E-state index contributed by atoms with van der Waals surface area (Å²) in [7, 11) is 1.67.